The Bertz CT molecular complexity index is 1390. The van der Waals surface area contributed by atoms with Crippen LogP contribution in [0.4, 0.5) is 0 Å². The van der Waals surface area contributed by atoms with Crippen molar-refractivity contribution in [1.29, 1.82) is 0 Å². The first-order chi connectivity index (χ1) is 14.8. The van der Waals surface area contributed by atoms with Gasteiger partial charge in [-0.2, -0.15) is 0 Å². The number of hydrogen-bond acceptors (Lipinski definition) is 3. The molecule has 0 bridgehead atoms. The van der Waals surface area contributed by atoms with Crippen LogP contribution in [0.3, 0.4) is 0 Å². The molecular weight excluding hydrogens is 431 g/mol. The first-order valence-electron chi connectivity index (χ1n) is 10.4. The molecule has 4 nitrogen and oxygen atoms in total. The van der Waals surface area contributed by atoms with Crippen molar-refractivity contribution in [2.75, 3.05) is 0 Å². The Morgan fingerprint density at radius 1 is 0.900 bits per heavy atom. The van der Waals surface area contributed by atoms with Gasteiger partial charge in [0.1, 0.15) is 0 Å². The van der Waals surface area contributed by atoms with E-state index in [1.165, 1.54) is 35.8 Å². The molecule has 1 atom stereocenters. The Kier molecular flexibility index (Phi) is 4.21. The van der Waals surface area contributed by atoms with Crippen LogP contribution in [-0.4, -0.2) is 36.4 Å². The Labute approximate surface area is 183 Å². The second-order valence-corrected chi connectivity index (χ2v) is 9.11. The molecule has 0 amide bonds. The quantitative estimate of drug-likeness (QED) is 0.384. The maximum atomic E-state index is 4.97. The number of pyridine rings is 1. The van der Waals surface area contributed by atoms with Gasteiger partial charge < -0.3 is 0 Å². The van der Waals surface area contributed by atoms with Crippen LogP contribution < -0.4 is 4.48 Å². The fraction of sp³-hybridized carbons (Fsp3) is 0.160. The van der Waals surface area contributed by atoms with Crippen molar-refractivity contribution in [1.82, 2.24) is 19.5 Å². The Balaban J connectivity index is 1.53. The summed E-state index contributed by atoms with van der Waals surface area (Å²) in [6, 6.07) is 21.7. The average Bonchev–Trinajstić information content (AvgIpc) is 3.13. The standard InChI is InChI=1S/C25H21AsN4/c26-24-23-20(14-30(19-7-4-8-19)25(23)28-15-27-24)18-10-9-17-11-12-21(29-22(17)13-18)16-5-2-1-3-6-16/h1-3,5-6,9-15,19H,4,7-8,26H2. The number of fused-ring (bicyclic) bond motifs is 2. The predicted octanol–water partition coefficient (Wildman–Crippen LogP) is 4.30. The van der Waals surface area contributed by atoms with E-state index in [0.717, 1.165) is 32.3 Å². The van der Waals surface area contributed by atoms with Crippen molar-refractivity contribution in [3.05, 3.63) is 73.2 Å². The van der Waals surface area contributed by atoms with Crippen LogP contribution in [0.25, 0.3) is 44.3 Å². The molecule has 6 rings (SSSR count). The molecule has 0 N–H and O–H groups in total. The molecule has 0 saturated heterocycles. The van der Waals surface area contributed by atoms with E-state index in [9.17, 15) is 0 Å². The summed E-state index contributed by atoms with van der Waals surface area (Å²) in [6.45, 7) is 0. The third-order valence-corrected chi connectivity index (χ3v) is 7.10. The van der Waals surface area contributed by atoms with Gasteiger partial charge in [-0.1, -0.05) is 0 Å². The summed E-state index contributed by atoms with van der Waals surface area (Å²) in [4.78, 5) is 14.1. The van der Waals surface area contributed by atoms with Crippen LogP contribution in [0.15, 0.2) is 73.2 Å². The fourth-order valence-corrected chi connectivity index (χ4v) is 5.06. The molecule has 30 heavy (non-hydrogen) atoms. The van der Waals surface area contributed by atoms with Crippen LogP contribution in [0, 0.1) is 0 Å². The molecule has 0 radical (unpaired) electrons. The van der Waals surface area contributed by atoms with Crippen LogP contribution in [0.1, 0.15) is 25.3 Å². The monoisotopic (exact) mass is 452 g/mol. The Hall–Kier alpha value is -2.97. The molecule has 3 aromatic heterocycles. The van der Waals surface area contributed by atoms with E-state index in [-0.39, 0.29) is 0 Å². The summed E-state index contributed by atoms with van der Waals surface area (Å²) in [5.41, 5.74) is 6.61. The second kappa shape index (κ2) is 7.07. The van der Waals surface area contributed by atoms with Gasteiger partial charge in [0.05, 0.1) is 0 Å². The van der Waals surface area contributed by atoms with Crippen molar-refractivity contribution in [3.63, 3.8) is 0 Å². The topological polar surface area (TPSA) is 43.6 Å². The van der Waals surface area contributed by atoms with Crippen molar-refractivity contribution in [2.24, 2.45) is 0 Å². The Morgan fingerprint density at radius 2 is 1.73 bits per heavy atom. The van der Waals surface area contributed by atoms with Crippen molar-refractivity contribution in [3.8, 4) is 22.4 Å². The summed E-state index contributed by atoms with van der Waals surface area (Å²) < 4.78 is 3.46. The van der Waals surface area contributed by atoms with E-state index >= 15 is 0 Å². The normalized spacial score (nSPS) is 14.3. The summed E-state index contributed by atoms with van der Waals surface area (Å²) in [6.07, 6.45) is 7.75. The number of nitrogens with zero attached hydrogens (tertiary/aromatic N) is 4. The molecule has 0 aliphatic heterocycles. The average molecular weight is 452 g/mol. The summed E-state index contributed by atoms with van der Waals surface area (Å²) in [5, 5.41) is 2.33. The van der Waals surface area contributed by atoms with E-state index in [1.54, 1.807) is 23.2 Å². The summed E-state index contributed by atoms with van der Waals surface area (Å²) in [5.74, 6) is 0. The molecule has 1 aliphatic rings. The predicted molar refractivity (Wildman–Crippen MR) is 125 cm³/mol. The number of aromatic nitrogens is 4. The van der Waals surface area contributed by atoms with Gasteiger partial charge in [-0.05, 0) is 0 Å². The minimum absolute atomic E-state index is 0.561. The van der Waals surface area contributed by atoms with Gasteiger partial charge in [-0.25, -0.2) is 0 Å². The van der Waals surface area contributed by atoms with Gasteiger partial charge in [-0.3, -0.25) is 0 Å². The van der Waals surface area contributed by atoms with Crippen molar-refractivity contribution >= 4 is 43.3 Å². The van der Waals surface area contributed by atoms with Gasteiger partial charge in [0.15, 0.2) is 0 Å². The van der Waals surface area contributed by atoms with Crippen LogP contribution in [0.2, 0.25) is 0 Å². The zero-order valence-corrected chi connectivity index (χ0v) is 18.9. The molecule has 1 unspecified atom stereocenters. The van der Waals surface area contributed by atoms with Gasteiger partial charge in [0, 0.05) is 0 Å². The third-order valence-electron chi connectivity index (χ3n) is 6.18. The van der Waals surface area contributed by atoms with Crippen molar-refractivity contribution < 1.29 is 0 Å². The van der Waals surface area contributed by atoms with Crippen molar-refractivity contribution in [2.45, 2.75) is 25.3 Å². The molecule has 1 fully saturated rings. The summed E-state index contributed by atoms with van der Waals surface area (Å²) in [7, 11) is 0. The Morgan fingerprint density at radius 3 is 2.53 bits per heavy atom. The first kappa shape index (κ1) is 17.9. The van der Waals surface area contributed by atoms with Gasteiger partial charge in [-0.15, -0.1) is 0 Å². The van der Waals surface area contributed by atoms with E-state index in [0.29, 0.717) is 6.04 Å². The van der Waals surface area contributed by atoms with E-state index in [2.05, 4.69) is 75.3 Å². The van der Waals surface area contributed by atoms with E-state index in [4.69, 9.17) is 4.98 Å². The molecule has 0 spiro atoms. The first-order valence-corrected chi connectivity index (χ1v) is 11.6. The van der Waals surface area contributed by atoms with E-state index in [1.807, 2.05) is 6.07 Å². The maximum absolute atomic E-state index is 4.97. The second-order valence-electron chi connectivity index (χ2n) is 7.96. The van der Waals surface area contributed by atoms with Crippen LogP contribution >= 0.6 is 0 Å². The van der Waals surface area contributed by atoms with Crippen LogP contribution in [0.5, 0.6) is 0 Å². The number of rotatable bonds is 3. The molecule has 1 saturated carbocycles. The minimum atomic E-state index is 0.561. The third kappa shape index (κ3) is 2.86. The van der Waals surface area contributed by atoms with Crippen LogP contribution in [-0.2, 0) is 0 Å². The van der Waals surface area contributed by atoms with Gasteiger partial charge in [0.2, 0.25) is 0 Å². The number of hydrogen-bond donors (Lipinski definition) is 0. The molecule has 5 heteroatoms. The molecule has 2 aromatic carbocycles. The van der Waals surface area contributed by atoms with Gasteiger partial charge >= 0.3 is 184 Å². The van der Waals surface area contributed by atoms with Gasteiger partial charge in [0.25, 0.3) is 0 Å². The number of benzene rings is 2. The molecular formula is C25H21AsN4. The van der Waals surface area contributed by atoms with E-state index < -0.39 is 0 Å². The molecule has 146 valence electrons. The fourth-order valence-electron chi connectivity index (χ4n) is 4.32. The summed E-state index contributed by atoms with van der Waals surface area (Å²) >= 11 is 1.55. The zero-order chi connectivity index (χ0) is 20.1. The SMILES string of the molecule is [AsH2]c1ncnc2c1c(-c1ccc3ccc(-c4ccccc4)nc3c1)cn2C1CCC1. The zero-order valence-electron chi connectivity index (χ0n) is 16.5. The molecule has 3 heterocycles. The molecule has 5 aromatic rings. The molecule has 1 aliphatic carbocycles.